The minimum absolute atomic E-state index is 0.0370. The van der Waals surface area contributed by atoms with Gasteiger partial charge in [-0.25, -0.2) is 14.6 Å². The van der Waals surface area contributed by atoms with Crippen molar-refractivity contribution in [2.75, 3.05) is 6.61 Å². The van der Waals surface area contributed by atoms with Crippen LogP contribution in [-0.2, 0) is 28.7 Å². The van der Waals surface area contributed by atoms with Gasteiger partial charge in [-0.1, -0.05) is 20.8 Å². The van der Waals surface area contributed by atoms with Crippen molar-refractivity contribution in [1.29, 1.82) is 0 Å². The molecule has 1 aliphatic carbocycles. The zero-order valence-electron chi connectivity index (χ0n) is 16.1. The molecule has 8 atom stereocenters. The Bertz CT molecular complexity index is 554. The molecule has 7 heteroatoms. The highest BCUT2D eigenvalue weighted by Crippen LogP contribution is 2.60. The summed E-state index contributed by atoms with van der Waals surface area (Å²) in [5, 5.41) is 0. The molecule has 26 heavy (non-hydrogen) atoms. The molecule has 0 amide bonds. The topological polar surface area (TPSA) is 72.5 Å². The lowest BCUT2D eigenvalue weighted by Crippen LogP contribution is -2.70. The van der Waals surface area contributed by atoms with Gasteiger partial charge in [-0.15, -0.1) is 0 Å². The Hall–Kier alpha value is -0.890. The first kappa shape index (κ1) is 18.5. The molecule has 1 saturated carbocycles. The second kappa shape index (κ2) is 6.62. The summed E-state index contributed by atoms with van der Waals surface area (Å²) in [6.45, 7) is 8.47. The summed E-state index contributed by atoms with van der Waals surface area (Å²) in [5.41, 5.74) is -0.639. The molecule has 0 aromatic rings. The lowest BCUT2D eigenvalue weighted by atomic mass is 9.58. The second-order valence-corrected chi connectivity index (χ2v) is 8.49. The highest BCUT2D eigenvalue weighted by molar-refractivity contribution is 5.60. The monoisotopic (exact) mass is 370 g/mol. The van der Waals surface area contributed by atoms with Crippen molar-refractivity contribution in [2.24, 2.45) is 23.7 Å². The van der Waals surface area contributed by atoms with Crippen molar-refractivity contribution in [2.45, 2.75) is 83.8 Å². The molecule has 4 saturated heterocycles. The number of hydrogen-bond acceptors (Lipinski definition) is 7. The number of carbonyl (C=O) groups is 1. The molecule has 5 rings (SSSR count). The van der Waals surface area contributed by atoms with Crippen LogP contribution in [0.15, 0.2) is 0 Å². The van der Waals surface area contributed by atoms with Crippen LogP contribution in [0.1, 0.15) is 59.8 Å². The van der Waals surface area contributed by atoms with Gasteiger partial charge in [0.05, 0.1) is 6.61 Å². The van der Waals surface area contributed by atoms with Gasteiger partial charge in [0.15, 0.2) is 11.9 Å². The van der Waals surface area contributed by atoms with Crippen LogP contribution < -0.4 is 0 Å². The summed E-state index contributed by atoms with van der Waals surface area (Å²) in [7, 11) is 0. The van der Waals surface area contributed by atoms with Gasteiger partial charge in [-0.05, 0) is 44.4 Å². The third kappa shape index (κ3) is 2.75. The van der Waals surface area contributed by atoms with E-state index in [1.807, 2.05) is 20.8 Å². The van der Waals surface area contributed by atoms with Gasteiger partial charge in [0.2, 0.25) is 12.1 Å². The van der Waals surface area contributed by atoms with Crippen molar-refractivity contribution in [3.8, 4) is 0 Å². The predicted octanol–water partition coefficient (Wildman–Crippen LogP) is 3.76. The van der Waals surface area contributed by atoms with Crippen molar-refractivity contribution >= 4 is 6.16 Å². The zero-order chi connectivity index (χ0) is 18.5. The number of rotatable bonds is 3. The van der Waals surface area contributed by atoms with E-state index in [0.717, 1.165) is 32.1 Å². The number of carbonyl (C=O) groups excluding carboxylic acids is 1. The predicted molar refractivity (Wildman–Crippen MR) is 89.6 cm³/mol. The average molecular weight is 370 g/mol. The van der Waals surface area contributed by atoms with E-state index in [1.165, 1.54) is 0 Å². The highest BCUT2D eigenvalue weighted by atomic mass is 17.3. The van der Waals surface area contributed by atoms with Crippen LogP contribution >= 0.6 is 0 Å². The van der Waals surface area contributed by atoms with Gasteiger partial charge in [-0.2, -0.15) is 0 Å². The maximum atomic E-state index is 12.0. The Morgan fingerprint density at radius 1 is 1.15 bits per heavy atom. The molecule has 5 fully saturated rings. The summed E-state index contributed by atoms with van der Waals surface area (Å²) in [5.74, 6) is 0.0696. The first-order valence-electron chi connectivity index (χ1n) is 9.93. The molecule has 1 spiro atoms. The molecule has 4 heterocycles. The van der Waals surface area contributed by atoms with E-state index in [4.69, 9.17) is 28.7 Å². The van der Waals surface area contributed by atoms with Crippen LogP contribution in [0.3, 0.4) is 0 Å². The van der Waals surface area contributed by atoms with Crippen LogP contribution in [0.5, 0.6) is 0 Å². The maximum absolute atomic E-state index is 12.0. The van der Waals surface area contributed by atoms with E-state index in [9.17, 15) is 4.79 Å². The fraction of sp³-hybridized carbons (Fsp3) is 0.947. The van der Waals surface area contributed by atoms with Crippen LogP contribution in [0.25, 0.3) is 0 Å². The number of hydrogen-bond donors (Lipinski definition) is 0. The summed E-state index contributed by atoms with van der Waals surface area (Å²) < 4.78 is 22.9. The molecule has 2 bridgehead atoms. The van der Waals surface area contributed by atoms with Gasteiger partial charge < -0.3 is 18.9 Å². The van der Waals surface area contributed by atoms with E-state index in [2.05, 4.69) is 6.92 Å². The van der Waals surface area contributed by atoms with Gasteiger partial charge in [0.25, 0.3) is 0 Å². The molecular weight excluding hydrogens is 340 g/mol. The van der Waals surface area contributed by atoms with E-state index in [0.29, 0.717) is 18.4 Å². The van der Waals surface area contributed by atoms with Gasteiger partial charge in [-0.3, -0.25) is 0 Å². The Balaban J connectivity index is 1.61. The van der Waals surface area contributed by atoms with Crippen molar-refractivity contribution in [1.82, 2.24) is 0 Å². The quantitative estimate of drug-likeness (QED) is 0.553. The smallest absolute Gasteiger partial charge is 0.434 e. The molecule has 4 aliphatic heterocycles. The number of fused-ring (bicyclic) bond motifs is 2. The summed E-state index contributed by atoms with van der Waals surface area (Å²) in [6, 6.07) is 0. The van der Waals surface area contributed by atoms with Crippen molar-refractivity contribution < 1.29 is 33.5 Å². The van der Waals surface area contributed by atoms with Crippen LogP contribution in [0, 0.1) is 23.7 Å². The van der Waals surface area contributed by atoms with Crippen molar-refractivity contribution in [3.05, 3.63) is 0 Å². The van der Waals surface area contributed by atoms with E-state index in [-0.39, 0.29) is 11.8 Å². The lowest BCUT2D eigenvalue weighted by Gasteiger charge is -2.59. The minimum Gasteiger partial charge on any atom is -0.434 e. The Kier molecular flexibility index (Phi) is 4.70. The van der Waals surface area contributed by atoms with Gasteiger partial charge in [0, 0.05) is 18.3 Å². The normalized spacial score (nSPS) is 49.8. The minimum atomic E-state index is -0.828. The van der Waals surface area contributed by atoms with Gasteiger partial charge in [0.1, 0.15) is 0 Å². The summed E-state index contributed by atoms with van der Waals surface area (Å²) in [4.78, 5) is 23.8. The summed E-state index contributed by atoms with van der Waals surface area (Å²) >= 11 is 0. The standard InChI is InChI=1S/C19H30O7/c1-5-10-21-17(20)23-15-12(3)14-7-6-11(2)13-8-9-18(4)24-16(22-15)19(13,14)26-25-18/h11-16H,5-10H2,1-4H3/t11-,12-,13+,14+,15?,16-,18-,19-/m1/s1. The highest BCUT2D eigenvalue weighted by Gasteiger charge is 2.69. The molecule has 7 nitrogen and oxygen atoms in total. The third-order valence-electron chi connectivity index (χ3n) is 6.73. The second-order valence-electron chi connectivity index (χ2n) is 8.49. The van der Waals surface area contributed by atoms with Crippen LogP contribution in [-0.4, -0.2) is 36.7 Å². The number of ether oxygens (including phenoxy) is 4. The van der Waals surface area contributed by atoms with Crippen LogP contribution in [0.2, 0.25) is 0 Å². The molecular formula is C19H30O7. The summed E-state index contributed by atoms with van der Waals surface area (Å²) in [6.07, 6.45) is 2.55. The zero-order valence-corrected chi connectivity index (χ0v) is 16.1. The molecule has 148 valence electrons. The van der Waals surface area contributed by atoms with E-state index in [1.54, 1.807) is 0 Å². The van der Waals surface area contributed by atoms with E-state index >= 15 is 0 Å². The molecule has 1 unspecified atom stereocenters. The average Bonchev–Trinajstić information content (AvgIpc) is 2.84. The van der Waals surface area contributed by atoms with Crippen molar-refractivity contribution in [3.63, 3.8) is 0 Å². The fourth-order valence-corrected chi connectivity index (χ4v) is 5.32. The largest absolute Gasteiger partial charge is 0.510 e. The first-order chi connectivity index (χ1) is 12.4. The Morgan fingerprint density at radius 2 is 1.96 bits per heavy atom. The Labute approximate surface area is 154 Å². The van der Waals surface area contributed by atoms with Crippen LogP contribution in [0.4, 0.5) is 4.79 Å². The fourth-order valence-electron chi connectivity index (χ4n) is 5.32. The lowest BCUT2D eigenvalue weighted by molar-refractivity contribution is -0.576. The maximum Gasteiger partial charge on any atom is 0.510 e. The third-order valence-corrected chi connectivity index (χ3v) is 6.73. The Morgan fingerprint density at radius 3 is 2.73 bits per heavy atom. The molecule has 0 aromatic carbocycles. The molecule has 5 aliphatic rings. The first-order valence-corrected chi connectivity index (χ1v) is 9.93. The SMILES string of the molecule is CCCOC(=O)OC1O[C@@H]2O[C@@]3(C)CC[C@H]4[C@H](C)CC[C@@H]([C@H]1C)[C@@]24OO3. The van der Waals surface area contributed by atoms with Gasteiger partial charge >= 0.3 is 6.16 Å². The molecule has 0 N–H and O–H groups in total. The molecule has 0 aromatic heterocycles. The molecule has 0 radical (unpaired) electrons. The van der Waals surface area contributed by atoms with E-state index < -0.39 is 30.1 Å².